The van der Waals surface area contributed by atoms with Crippen molar-refractivity contribution < 1.29 is 14.3 Å². The molecular formula is C14H18N4O3. The van der Waals surface area contributed by atoms with E-state index in [0.717, 1.165) is 0 Å². The summed E-state index contributed by atoms with van der Waals surface area (Å²) in [7, 11) is 0. The molecule has 7 nitrogen and oxygen atoms in total. The molecule has 0 saturated carbocycles. The Labute approximate surface area is 122 Å². The number of aryl methyl sites for hydroxylation is 1. The fourth-order valence-corrected chi connectivity index (χ4v) is 1.87. The van der Waals surface area contributed by atoms with E-state index in [4.69, 9.17) is 15.2 Å². The lowest BCUT2D eigenvalue weighted by Gasteiger charge is -2.08. The van der Waals surface area contributed by atoms with Gasteiger partial charge in [-0.25, -0.2) is 14.5 Å². The van der Waals surface area contributed by atoms with Crippen LogP contribution in [0.4, 0.5) is 5.69 Å². The minimum atomic E-state index is -0.478. The number of nitrogen functional groups attached to an aromatic ring is 1. The topological polar surface area (TPSA) is 92.3 Å². The molecule has 0 unspecified atom stereocenters. The molecule has 0 spiro atoms. The second-order valence-electron chi connectivity index (χ2n) is 4.29. The van der Waals surface area contributed by atoms with E-state index in [-0.39, 0.29) is 6.61 Å². The zero-order valence-electron chi connectivity index (χ0n) is 12.1. The average Bonchev–Trinajstić information content (AvgIpc) is 2.92. The summed E-state index contributed by atoms with van der Waals surface area (Å²) >= 11 is 0. The number of nitrogens with zero attached hydrogens (tertiary/aromatic N) is 3. The minimum Gasteiger partial charge on any atom is -0.494 e. The lowest BCUT2D eigenvalue weighted by Crippen LogP contribution is -2.11. The highest BCUT2D eigenvalue weighted by Gasteiger charge is 2.12. The van der Waals surface area contributed by atoms with Crippen molar-refractivity contribution in [2.45, 2.75) is 27.0 Å². The molecular weight excluding hydrogens is 272 g/mol. The second-order valence-corrected chi connectivity index (χ2v) is 4.29. The molecule has 7 heteroatoms. The number of hydrogen-bond acceptors (Lipinski definition) is 6. The number of hydrogen-bond donors (Lipinski definition) is 1. The molecule has 0 fully saturated rings. The SMILES string of the molecule is CCOc1cc(N)cc(C(=O)OCc2ncnn2CC)c1. The van der Waals surface area contributed by atoms with Crippen molar-refractivity contribution in [3.05, 3.63) is 35.9 Å². The number of esters is 1. The lowest BCUT2D eigenvalue weighted by atomic mass is 10.2. The number of carbonyl (C=O) groups is 1. The summed E-state index contributed by atoms with van der Waals surface area (Å²) in [5, 5.41) is 4.01. The first-order valence-electron chi connectivity index (χ1n) is 6.71. The van der Waals surface area contributed by atoms with Gasteiger partial charge in [-0.05, 0) is 26.0 Å². The second kappa shape index (κ2) is 6.74. The Morgan fingerprint density at radius 2 is 2.14 bits per heavy atom. The summed E-state index contributed by atoms with van der Waals surface area (Å²) in [6.45, 7) is 5.02. The van der Waals surface area contributed by atoms with E-state index in [2.05, 4.69) is 10.1 Å². The third-order valence-corrected chi connectivity index (χ3v) is 2.80. The van der Waals surface area contributed by atoms with Gasteiger partial charge in [-0.2, -0.15) is 5.10 Å². The Morgan fingerprint density at radius 3 is 2.86 bits per heavy atom. The first kappa shape index (κ1) is 14.8. The van der Waals surface area contributed by atoms with Crippen LogP contribution < -0.4 is 10.5 Å². The van der Waals surface area contributed by atoms with Gasteiger partial charge in [0.05, 0.1) is 12.2 Å². The Bertz CT molecular complexity index is 624. The number of aromatic nitrogens is 3. The monoisotopic (exact) mass is 290 g/mol. The van der Waals surface area contributed by atoms with E-state index in [1.54, 1.807) is 22.9 Å². The smallest absolute Gasteiger partial charge is 0.338 e. The summed E-state index contributed by atoms with van der Waals surface area (Å²) < 4.78 is 12.2. The van der Waals surface area contributed by atoms with Crippen LogP contribution in [0.5, 0.6) is 5.75 Å². The van der Waals surface area contributed by atoms with Crippen LogP contribution in [0.2, 0.25) is 0 Å². The first-order chi connectivity index (χ1) is 10.1. The molecule has 2 rings (SSSR count). The molecule has 112 valence electrons. The third-order valence-electron chi connectivity index (χ3n) is 2.80. The van der Waals surface area contributed by atoms with Crippen LogP contribution in [0.15, 0.2) is 24.5 Å². The molecule has 2 N–H and O–H groups in total. The van der Waals surface area contributed by atoms with Crippen molar-refractivity contribution in [2.75, 3.05) is 12.3 Å². The van der Waals surface area contributed by atoms with E-state index in [1.165, 1.54) is 6.33 Å². The summed E-state index contributed by atoms with van der Waals surface area (Å²) in [5.41, 5.74) is 6.55. The van der Waals surface area contributed by atoms with Crippen molar-refractivity contribution in [3.8, 4) is 5.75 Å². The Morgan fingerprint density at radius 1 is 1.33 bits per heavy atom. The molecule has 0 atom stereocenters. The quantitative estimate of drug-likeness (QED) is 0.642. The molecule has 0 radical (unpaired) electrons. The Balaban J connectivity index is 2.06. The third kappa shape index (κ3) is 3.71. The van der Waals surface area contributed by atoms with Gasteiger partial charge >= 0.3 is 5.97 Å². The Hall–Kier alpha value is -2.57. The molecule has 1 aromatic carbocycles. The maximum Gasteiger partial charge on any atom is 0.338 e. The highest BCUT2D eigenvalue weighted by atomic mass is 16.5. The van der Waals surface area contributed by atoms with Gasteiger partial charge in [0.2, 0.25) is 0 Å². The van der Waals surface area contributed by atoms with E-state index in [0.29, 0.717) is 36.0 Å². The van der Waals surface area contributed by atoms with Gasteiger partial charge in [0.15, 0.2) is 12.4 Å². The van der Waals surface area contributed by atoms with Crippen molar-refractivity contribution in [2.24, 2.45) is 0 Å². The molecule has 0 aliphatic rings. The van der Waals surface area contributed by atoms with Crippen molar-refractivity contribution in [1.29, 1.82) is 0 Å². The number of rotatable bonds is 6. The predicted octanol–water partition coefficient (Wildman–Crippen LogP) is 1.64. The van der Waals surface area contributed by atoms with E-state index >= 15 is 0 Å². The lowest BCUT2D eigenvalue weighted by molar-refractivity contribution is 0.0456. The maximum atomic E-state index is 12.1. The van der Waals surface area contributed by atoms with Crippen LogP contribution in [-0.4, -0.2) is 27.3 Å². The van der Waals surface area contributed by atoms with Gasteiger partial charge in [-0.1, -0.05) is 0 Å². The first-order valence-corrected chi connectivity index (χ1v) is 6.71. The van der Waals surface area contributed by atoms with Gasteiger partial charge in [-0.15, -0.1) is 0 Å². The molecule has 0 aliphatic carbocycles. The zero-order chi connectivity index (χ0) is 15.2. The van der Waals surface area contributed by atoms with E-state index in [1.807, 2.05) is 13.8 Å². The molecule has 0 saturated heterocycles. The molecule has 0 amide bonds. The molecule has 0 aliphatic heterocycles. The summed E-state index contributed by atoms with van der Waals surface area (Å²) in [4.78, 5) is 16.1. The number of carbonyl (C=O) groups excluding carboxylic acids is 1. The minimum absolute atomic E-state index is 0.0610. The Kier molecular flexibility index (Phi) is 4.76. The molecule has 1 aromatic heterocycles. The van der Waals surface area contributed by atoms with Crippen molar-refractivity contribution >= 4 is 11.7 Å². The number of nitrogens with two attached hydrogens (primary N) is 1. The van der Waals surface area contributed by atoms with Crippen LogP contribution in [0.3, 0.4) is 0 Å². The predicted molar refractivity (Wildman–Crippen MR) is 76.8 cm³/mol. The fraction of sp³-hybridized carbons (Fsp3) is 0.357. The standard InChI is InChI=1S/C14H18N4O3/c1-3-18-13(16-9-17-18)8-21-14(19)10-5-11(15)7-12(6-10)20-4-2/h5-7,9H,3-4,8,15H2,1-2H3. The largest absolute Gasteiger partial charge is 0.494 e. The van der Waals surface area contributed by atoms with Crippen molar-refractivity contribution in [1.82, 2.24) is 14.8 Å². The zero-order valence-corrected chi connectivity index (χ0v) is 12.1. The number of anilines is 1. The number of ether oxygens (including phenoxy) is 2. The number of benzene rings is 1. The molecule has 1 heterocycles. The van der Waals surface area contributed by atoms with E-state index < -0.39 is 5.97 Å². The molecule has 0 bridgehead atoms. The molecule has 2 aromatic rings. The van der Waals surface area contributed by atoms with Crippen LogP contribution in [0.1, 0.15) is 30.0 Å². The van der Waals surface area contributed by atoms with Gasteiger partial charge in [0.25, 0.3) is 0 Å². The fourth-order valence-electron chi connectivity index (χ4n) is 1.87. The molecule has 21 heavy (non-hydrogen) atoms. The normalized spacial score (nSPS) is 10.4. The van der Waals surface area contributed by atoms with Gasteiger partial charge in [0, 0.05) is 18.3 Å². The summed E-state index contributed by atoms with van der Waals surface area (Å²) in [6, 6.07) is 4.82. The highest BCUT2D eigenvalue weighted by molar-refractivity contribution is 5.91. The van der Waals surface area contributed by atoms with Gasteiger partial charge in [0.1, 0.15) is 12.1 Å². The van der Waals surface area contributed by atoms with E-state index in [9.17, 15) is 4.79 Å². The maximum absolute atomic E-state index is 12.1. The average molecular weight is 290 g/mol. The van der Waals surface area contributed by atoms with Gasteiger partial charge in [-0.3, -0.25) is 0 Å². The van der Waals surface area contributed by atoms with Crippen LogP contribution in [-0.2, 0) is 17.9 Å². The van der Waals surface area contributed by atoms with Crippen LogP contribution in [0, 0.1) is 0 Å². The van der Waals surface area contributed by atoms with Gasteiger partial charge < -0.3 is 15.2 Å². The van der Waals surface area contributed by atoms with Crippen molar-refractivity contribution in [3.63, 3.8) is 0 Å². The summed E-state index contributed by atoms with van der Waals surface area (Å²) in [6.07, 6.45) is 1.43. The van der Waals surface area contributed by atoms with Crippen LogP contribution in [0.25, 0.3) is 0 Å². The highest BCUT2D eigenvalue weighted by Crippen LogP contribution is 2.20. The van der Waals surface area contributed by atoms with Crippen LogP contribution >= 0.6 is 0 Å². The summed E-state index contributed by atoms with van der Waals surface area (Å²) in [5.74, 6) is 0.662.